The molecule has 0 bridgehead atoms. The first-order valence-corrected chi connectivity index (χ1v) is 16.8. The second kappa shape index (κ2) is 10.2. The van der Waals surface area contributed by atoms with Crippen LogP contribution in [0.5, 0.6) is 0 Å². The van der Waals surface area contributed by atoms with E-state index in [4.69, 9.17) is 0 Å². The molecule has 0 spiro atoms. The molecule has 15 heavy (non-hydrogen) atoms. The molecule has 0 aromatic carbocycles. The Bertz CT molecular complexity index is 120. The molecule has 0 aromatic heterocycles. The van der Waals surface area contributed by atoms with Crippen LogP contribution in [0.1, 0.15) is 65.2 Å². The Morgan fingerprint density at radius 1 is 0.733 bits per heavy atom. The van der Waals surface area contributed by atoms with E-state index in [0.29, 0.717) is 0 Å². The maximum absolute atomic E-state index is 4.07. The Balaban J connectivity index is 3.40. The standard InChI is InChI=1S/C13H29BrGe/c1-4-6-8-10-12-15(3,14)13-11-9-7-5-2/h4-13H2,1-3H3. The Morgan fingerprint density at radius 2 is 1.13 bits per heavy atom. The van der Waals surface area contributed by atoms with E-state index in [1.807, 2.05) is 0 Å². The summed E-state index contributed by atoms with van der Waals surface area (Å²) in [6.45, 7) is 4.58. The second-order valence-electron chi connectivity index (χ2n) is 5.03. The molecule has 0 aromatic rings. The maximum atomic E-state index is 4.07. The predicted octanol–water partition coefficient (Wildman–Crippen LogP) is 6.12. The Kier molecular flexibility index (Phi) is 10.9. The van der Waals surface area contributed by atoms with Crippen molar-refractivity contribution >= 4 is 25.4 Å². The molecule has 0 fully saturated rings. The third-order valence-corrected chi connectivity index (χ3v) is 13.1. The first-order valence-electron chi connectivity index (χ1n) is 6.81. The molecule has 0 rings (SSSR count). The van der Waals surface area contributed by atoms with Crippen molar-refractivity contribution in [2.45, 2.75) is 81.5 Å². The van der Waals surface area contributed by atoms with Crippen LogP contribution in [0.2, 0.25) is 16.3 Å². The number of hydrogen-bond acceptors (Lipinski definition) is 0. The molecule has 0 aliphatic rings. The summed E-state index contributed by atoms with van der Waals surface area (Å²) in [5, 5.41) is 3.07. The van der Waals surface area contributed by atoms with Crippen molar-refractivity contribution < 1.29 is 0 Å². The summed E-state index contributed by atoms with van der Waals surface area (Å²) in [6, 6.07) is 0. The zero-order chi connectivity index (χ0) is 11.6. The summed E-state index contributed by atoms with van der Waals surface area (Å²) in [4.78, 5) is 0. The van der Waals surface area contributed by atoms with Crippen LogP contribution in [0.4, 0.5) is 0 Å². The minimum absolute atomic E-state index is 1.36. The Hall–Kier alpha value is 1.02. The van der Waals surface area contributed by atoms with Gasteiger partial charge in [0.05, 0.1) is 0 Å². The number of unbranched alkanes of at least 4 members (excludes halogenated alkanes) is 6. The van der Waals surface area contributed by atoms with Gasteiger partial charge in [0, 0.05) is 0 Å². The van der Waals surface area contributed by atoms with Crippen LogP contribution in [0, 0.1) is 0 Å². The third-order valence-electron chi connectivity index (χ3n) is 3.10. The van der Waals surface area contributed by atoms with Crippen molar-refractivity contribution in [3.63, 3.8) is 0 Å². The van der Waals surface area contributed by atoms with Crippen LogP contribution in [-0.2, 0) is 0 Å². The summed E-state index contributed by atoms with van der Waals surface area (Å²) >= 11 is 2.59. The van der Waals surface area contributed by atoms with E-state index in [1.165, 1.54) is 61.9 Å². The van der Waals surface area contributed by atoms with Crippen LogP contribution in [-0.4, -0.2) is 11.4 Å². The van der Waals surface area contributed by atoms with Gasteiger partial charge in [0.25, 0.3) is 0 Å². The molecule has 0 unspecified atom stereocenters. The van der Waals surface area contributed by atoms with Gasteiger partial charge in [0.2, 0.25) is 0 Å². The molecule has 0 nitrogen and oxygen atoms in total. The molecular weight excluding hydrogens is 309 g/mol. The molecule has 0 N–H and O–H groups in total. The van der Waals surface area contributed by atoms with E-state index in [1.54, 1.807) is 0 Å². The van der Waals surface area contributed by atoms with Gasteiger partial charge in [0.1, 0.15) is 0 Å². The third kappa shape index (κ3) is 11.3. The fourth-order valence-corrected chi connectivity index (χ4v) is 9.55. The molecular formula is C13H29BrGe. The van der Waals surface area contributed by atoms with Crippen LogP contribution < -0.4 is 0 Å². The second-order valence-corrected chi connectivity index (χ2v) is 23.0. The van der Waals surface area contributed by atoms with E-state index in [9.17, 15) is 0 Å². The van der Waals surface area contributed by atoms with Gasteiger partial charge < -0.3 is 0 Å². The van der Waals surface area contributed by atoms with Crippen molar-refractivity contribution in [1.82, 2.24) is 0 Å². The van der Waals surface area contributed by atoms with E-state index >= 15 is 0 Å². The van der Waals surface area contributed by atoms with E-state index < -0.39 is 11.4 Å². The zero-order valence-corrected chi connectivity index (χ0v) is 14.6. The van der Waals surface area contributed by atoms with Crippen molar-refractivity contribution in [3.05, 3.63) is 0 Å². The van der Waals surface area contributed by atoms with Gasteiger partial charge in [-0.3, -0.25) is 0 Å². The topological polar surface area (TPSA) is 0 Å². The molecule has 0 aliphatic heterocycles. The summed E-state index contributed by atoms with van der Waals surface area (Å²) < 4.78 is 0. The molecule has 0 aliphatic carbocycles. The number of halogens is 1. The number of hydrogen-bond donors (Lipinski definition) is 0. The van der Waals surface area contributed by atoms with Crippen molar-refractivity contribution in [1.29, 1.82) is 0 Å². The van der Waals surface area contributed by atoms with E-state index in [2.05, 4.69) is 33.6 Å². The van der Waals surface area contributed by atoms with Crippen molar-refractivity contribution in [2.24, 2.45) is 0 Å². The minimum atomic E-state index is -1.48. The van der Waals surface area contributed by atoms with Crippen LogP contribution in [0.15, 0.2) is 0 Å². The van der Waals surface area contributed by atoms with Gasteiger partial charge in [-0.15, -0.1) is 0 Å². The molecule has 92 valence electrons. The van der Waals surface area contributed by atoms with Gasteiger partial charge in [-0.25, -0.2) is 0 Å². The molecule has 0 heterocycles. The summed E-state index contributed by atoms with van der Waals surface area (Å²) in [5.41, 5.74) is 0. The normalized spacial score (nSPS) is 12.0. The van der Waals surface area contributed by atoms with Crippen LogP contribution in [0.25, 0.3) is 0 Å². The molecule has 0 radical (unpaired) electrons. The predicted molar refractivity (Wildman–Crippen MR) is 78.4 cm³/mol. The SMILES string of the molecule is CCCCC[CH2][Ge]([CH3])([Br])[CH2]CCCCC. The Morgan fingerprint density at radius 3 is 1.47 bits per heavy atom. The van der Waals surface area contributed by atoms with Crippen molar-refractivity contribution in [2.75, 3.05) is 0 Å². The molecule has 0 saturated carbocycles. The zero-order valence-electron chi connectivity index (χ0n) is 10.9. The van der Waals surface area contributed by atoms with Gasteiger partial charge in [0.15, 0.2) is 0 Å². The average Bonchev–Trinajstić information content (AvgIpc) is 2.20. The van der Waals surface area contributed by atoms with Gasteiger partial charge in [-0.2, -0.15) is 0 Å². The monoisotopic (exact) mass is 338 g/mol. The number of rotatable bonds is 10. The van der Waals surface area contributed by atoms with E-state index in [-0.39, 0.29) is 0 Å². The summed E-state index contributed by atoms with van der Waals surface area (Å²) in [6.07, 6.45) is 11.5. The molecule has 2 heteroatoms. The summed E-state index contributed by atoms with van der Waals surface area (Å²) in [7, 11) is 0. The van der Waals surface area contributed by atoms with Crippen molar-refractivity contribution in [3.8, 4) is 0 Å². The fraction of sp³-hybridized carbons (Fsp3) is 1.00. The molecule has 0 saturated heterocycles. The fourth-order valence-electron chi connectivity index (χ4n) is 1.97. The van der Waals surface area contributed by atoms with Gasteiger partial charge in [-0.05, 0) is 0 Å². The summed E-state index contributed by atoms with van der Waals surface area (Å²) in [5.74, 6) is 2.55. The molecule has 0 amide bonds. The van der Waals surface area contributed by atoms with Crippen LogP contribution in [0.3, 0.4) is 0 Å². The average molecular weight is 338 g/mol. The van der Waals surface area contributed by atoms with Crippen LogP contribution >= 0.6 is 14.0 Å². The Labute approximate surface area is 107 Å². The molecule has 0 atom stereocenters. The van der Waals surface area contributed by atoms with Gasteiger partial charge in [-0.1, -0.05) is 0 Å². The van der Waals surface area contributed by atoms with Gasteiger partial charge >= 0.3 is 107 Å². The first-order chi connectivity index (χ1) is 7.12. The quantitative estimate of drug-likeness (QED) is 0.333. The first kappa shape index (κ1) is 16.0. The van der Waals surface area contributed by atoms with E-state index in [0.717, 1.165) is 0 Å².